The fourth-order valence-corrected chi connectivity index (χ4v) is 2.99. The van der Waals surface area contributed by atoms with Crippen LogP contribution in [0.1, 0.15) is 31.2 Å². The Morgan fingerprint density at radius 2 is 2.00 bits per heavy atom. The van der Waals surface area contributed by atoms with Crippen LogP contribution in [0.2, 0.25) is 0 Å². The van der Waals surface area contributed by atoms with E-state index in [-0.39, 0.29) is 24.3 Å². The predicted molar refractivity (Wildman–Crippen MR) is 111 cm³/mol. The zero-order chi connectivity index (χ0) is 20.8. The highest BCUT2D eigenvalue weighted by atomic mass is 16.5. The van der Waals surface area contributed by atoms with Gasteiger partial charge >= 0.3 is 5.97 Å². The minimum absolute atomic E-state index is 0.0297. The van der Waals surface area contributed by atoms with E-state index < -0.39 is 5.97 Å². The maximum atomic E-state index is 12.9. The van der Waals surface area contributed by atoms with Crippen LogP contribution in [-0.4, -0.2) is 32.3 Å². The molecule has 2 aromatic carbocycles. The van der Waals surface area contributed by atoms with Crippen LogP contribution in [-0.2, 0) is 11.3 Å². The van der Waals surface area contributed by atoms with Crippen LogP contribution < -0.4 is 10.3 Å². The second-order valence-corrected chi connectivity index (χ2v) is 6.43. The van der Waals surface area contributed by atoms with E-state index in [1.165, 1.54) is 4.57 Å². The third kappa shape index (κ3) is 4.82. The van der Waals surface area contributed by atoms with Crippen LogP contribution in [0.5, 0.6) is 11.5 Å². The molecule has 2 N–H and O–H groups in total. The van der Waals surface area contributed by atoms with Crippen molar-refractivity contribution in [1.29, 1.82) is 0 Å². The predicted octanol–water partition coefficient (Wildman–Crippen LogP) is 3.54. The average Bonchev–Trinajstić information content (AvgIpc) is 2.70. The van der Waals surface area contributed by atoms with Crippen LogP contribution in [0.25, 0.3) is 23.1 Å². The van der Waals surface area contributed by atoms with Crippen molar-refractivity contribution in [2.24, 2.45) is 0 Å². The molecule has 7 heteroatoms. The molecule has 0 aliphatic heterocycles. The molecule has 0 aliphatic rings. The van der Waals surface area contributed by atoms with E-state index in [0.717, 1.165) is 5.56 Å². The number of phenols is 1. The highest BCUT2D eigenvalue weighted by Crippen LogP contribution is 2.27. The summed E-state index contributed by atoms with van der Waals surface area (Å²) in [6.45, 7) is 2.51. The molecule has 1 aromatic heterocycles. The molecule has 0 bridgehead atoms. The van der Waals surface area contributed by atoms with Gasteiger partial charge in [0.15, 0.2) is 11.5 Å². The van der Waals surface area contributed by atoms with Crippen molar-refractivity contribution in [3.63, 3.8) is 0 Å². The van der Waals surface area contributed by atoms with Crippen molar-refractivity contribution in [1.82, 2.24) is 9.55 Å². The molecule has 0 amide bonds. The smallest absolute Gasteiger partial charge is 0.303 e. The zero-order valence-corrected chi connectivity index (χ0v) is 16.0. The molecule has 0 radical (unpaired) electrons. The maximum absolute atomic E-state index is 12.9. The number of phenolic OH excluding ortho intramolecular Hbond substituents is 1. The van der Waals surface area contributed by atoms with Crippen LogP contribution in [0.4, 0.5) is 0 Å². The average molecular weight is 394 g/mol. The summed E-state index contributed by atoms with van der Waals surface area (Å²) in [6, 6.07) is 12.0. The lowest BCUT2D eigenvalue weighted by atomic mass is 10.1. The normalized spacial score (nSPS) is 11.2. The molecule has 0 saturated carbocycles. The Labute approximate surface area is 167 Å². The van der Waals surface area contributed by atoms with Gasteiger partial charge in [-0.3, -0.25) is 14.2 Å². The first kappa shape index (κ1) is 20.1. The number of fused-ring (bicyclic) bond motifs is 1. The van der Waals surface area contributed by atoms with Gasteiger partial charge in [0, 0.05) is 13.0 Å². The number of carboxylic acids is 1. The van der Waals surface area contributed by atoms with Crippen molar-refractivity contribution in [2.45, 2.75) is 26.3 Å². The molecule has 0 aliphatic carbocycles. The van der Waals surface area contributed by atoms with Gasteiger partial charge in [0.1, 0.15) is 5.82 Å². The highest BCUT2D eigenvalue weighted by molar-refractivity contribution is 5.79. The van der Waals surface area contributed by atoms with Gasteiger partial charge in [-0.05, 0) is 49.2 Å². The molecule has 0 saturated heterocycles. The molecular weight excluding hydrogens is 372 g/mol. The number of ether oxygens (including phenoxy) is 1. The van der Waals surface area contributed by atoms with Gasteiger partial charge < -0.3 is 14.9 Å². The lowest BCUT2D eigenvalue weighted by Crippen LogP contribution is -2.24. The largest absolute Gasteiger partial charge is 0.504 e. The van der Waals surface area contributed by atoms with Gasteiger partial charge in [0.05, 0.1) is 17.5 Å². The van der Waals surface area contributed by atoms with E-state index in [1.54, 1.807) is 48.6 Å². The third-order valence-corrected chi connectivity index (χ3v) is 4.37. The summed E-state index contributed by atoms with van der Waals surface area (Å²) in [6.07, 6.45) is 3.77. The molecule has 1 heterocycles. The van der Waals surface area contributed by atoms with Crippen molar-refractivity contribution >= 4 is 29.0 Å². The second-order valence-electron chi connectivity index (χ2n) is 6.43. The van der Waals surface area contributed by atoms with Gasteiger partial charge in [-0.15, -0.1) is 0 Å². The number of hydrogen-bond donors (Lipinski definition) is 2. The maximum Gasteiger partial charge on any atom is 0.303 e. The van der Waals surface area contributed by atoms with Gasteiger partial charge in [0.25, 0.3) is 5.56 Å². The third-order valence-electron chi connectivity index (χ3n) is 4.37. The monoisotopic (exact) mass is 394 g/mol. The van der Waals surface area contributed by atoms with Crippen molar-refractivity contribution in [2.75, 3.05) is 6.61 Å². The Morgan fingerprint density at radius 3 is 2.76 bits per heavy atom. The Bertz CT molecular complexity index is 1120. The van der Waals surface area contributed by atoms with E-state index in [2.05, 4.69) is 4.98 Å². The standard InChI is InChI=1S/C22H22N2O5/c1-2-29-19-14-15(9-11-18(19)25)10-12-20-23-17-7-4-3-6-16(17)22(28)24(20)13-5-8-21(26)27/h3-4,6-7,9-12,14,25H,2,5,8,13H2,1H3,(H,26,27). The molecule has 0 unspecified atom stereocenters. The zero-order valence-electron chi connectivity index (χ0n) is 16.0. The van der Waals surface area contributed by atoms with Gasteiger partial charge in [-0.2, -0.15) is 0 Å². The quantitative estimate of drug-likeness (QED) is 0.606. The van der Waals surface area contributed by atoms with Crippen LogP contribution in [0.15, 0.2) is 47.3 Å². The number of carboxylic acid groups (broad SMARTS) is 1. The summed E-state index contributed by atoms with van der Waals surface area (Å²) >= 11 is 0. The van der Waals surface area contributed by atoms with Gasteiger partial charge in [-0.1, -0.05) is 24.3 Å². The molecule has 29 heavy (non-hydrogen) atoms. The molecule has 0 atom stereocenters. The van der Waals surface area contributed by atoms with E-state index in [0.29, 0.717) is 35.5 Å². The number of rotatable bonds is 8. The summed E-state index contributed by atoms with van der Waals surface area (Å²) in [5.41, 5.74) is 1.14. The Balaban J connectivity index is 2.00. The molecule has 0 spiro atoms. The Hall–Kier alpha value is -3.61. The SMILES string of the molecule is CCOc1cc(C=Cc2nc3ccccc3c(=O)n2CCCC(=O)O)ccc1O. The summed E-state index contributed by atoms with van der Waals surface area (Å²) in [5.74, 6) is -0.0417. The van der Waals surface area contributed by atoms with Crippen molar-refractivity contribution < 1.29 is 19.7 Å². The Kier molecular flexibility index (Phi) is 6.29. The fraction of sp³-hybridized carbons (Fsp3) is 0.227. The first-order valence-corrected chi connectivity index (χ1v) is 9.35. The lowest BCUT2D eigenvalue weighted by Gasteiger charge is -2.11. The first-order chi connectivity index (χ1) is 14.0. The van der Waals surface area contributed by atoms with E-state index in [4.69, 9.17) is 9.84 Å². The summed E-state index contributed by atoms with van der Waals surface area (Å²) in [7, 11) is 0. The van der Waals surface area contributed by atoms with E-state index in [9.17, 15) is 14.7 Å². The number of nitrogens with zero attached hydrogens (tertiary/aromatic N) is 2. The molecule has 7 nitrogen and oxygen atoms in total. The molecule has 3 aromatic rings. The van der Waals surface area contributed by atoms with E-state index >= 15 is 0 Å². The van der Waals surface area contributed by atoms with Crippen molar-refractivity contribution in [3.8, 4) is 11.5 Å². The van der Waals surface area contributed by atoms with Crippen molar-refractivity contribution in [3.05, 3.63) is 64.2 Å². The van der Waals surface area contributed by atoms with E-state index in [1.807, 2.05) is 13.0 Å². The summed E-state index contributed by atoms with van der Waals surface area (Å²) < 4.78 is 6.89. The minimum atomic E-state index is -0.906. The van der Waals surface area contributed by atoms with Crippen LogP contribution in [0.3, 0.4) is 0 Å². The molecular formula is C22H22N2O5. The number of para-hydroxylation sites is 1. The number of aromatic nitrogens is 2. The number of aromatic hydroxyl groups is 1. The number of benzene rings is 2. The Morgan fingerprint density at radius 1 is 1.21 bits per heavy atom. The number of aliphatic carboxylic acids is 1. The highest BCUT2D eigenvalue weighted by Gasteiger charge is 2.10. The minimum Gasteiger partial charge on any atom is -0.504 e. The van der Waals surface area contributed by atoms with Gasteiger partial charge in [-0.25, -0.2) is 4.98 Å². The van der Waals surface area contributed by atoms with Crippen LogP contribution in [0, 0.1) is 0 Å². The van der Waals surface area contributed by atoms with Gasteiger partial charge in [0.2, 0.25) is 0 Å². The number of carbonyl (C=O) groups is 1. The fourth-order valence-electron chi connectivity index (χ4n) is 2.99. The number of hydrogen-bond acceptors (Lipinski definition) is 5. The lowest BCUT2D eigenvalue weighted by molar-refractivity contribution is -0.137. The summed E-state index contributed by atoms with van der Waals surface area (Å²) in [5, 5.41) is 19.2. The topological polar surface area (TPSA) is 102 Å². The summed E-state index contributed by atoms with van der Waals surface area (Å²) in [4.78, 5) is 28.3. The molecule has 3 rings (SSSR count). The van der Waals surface area contributed by atoms with Crippen LogP contribution >= 0.6 is 0 Å². The molecule has 150 valence electrons. The second kappa shape index (κ2) is 9.05. The first-order valence-electron chi connectivity index (χ1n) is 9.35. The molecule has 0 fully saturated rings.